The Hall–Kier alpha value is -3.25. The van der Waals surface area contributed by atoms with Crippen LogP contribution in [0.5, 0.6) is 0 Å². The number of aryl methyl sites for hydroxylation is 3. The molecule has 36 heavy (non-hydrogen) atoms. The van der Waals surface area contributed by atoms with Crippen LogP contribution in [0, 0.1) is 26.6 Å². The molecule has 0 saturated heterocycles. The number of imidazole rings is 1. The third-order valence-corrected chi connectivity index (χ3v) is 5.81. The van der Waals surface area contributed by atoms with E-state index in [1.54, 1.807) is 0 Å². The average molecular weight is 675 g/mol. The van der Waals surface area contributed by atoms with Crippen LogP contribution in [0.15, 0.2) is 85.5 Å². The molecule has 0 atom stereocenters. The van der Waals surface area contributed by atoms with Crippen molar-refractivity contribution >= 4 is 28.4 Å². The summed E-state index contributed by atoms with van der Waals surface area (Å²) in [6.45, 7) is 6.21. The quantitative estimate of drug-likeness (QED) is 0.213. The fourth-order valence-electron chi connectivity index (χ4n) is 4.13. The van der Waals surface area contributed by atoms with Gasteiger partial charge in [0, 0.05) is 38.2 Å². The van der Waals surface area contributed by atoms with Gasteiger partial charge in [0.25, 0.3) is 12.0 Å². The molecule has 0 aliphatic carbocycles. The van der Waals surface area contributed by atoms with E-state index in [2.05, 4.69) is 97.6 Å². The number of anilines is 3. The Kier molecular flexibility index (Phi) is 8.85. The minimum atomic E-state index is 0. The van der Waals surface area contributed by atoms with Crippen LogP contribution in [0.1, 0.15) is 11.1 Å². The van der Waals surface area contributed by atoms with Gasteiger partial charge in [-0.1, -0.05) is 19.1 Å². The van der Waals surface area contributed by atoms with E-state index in [0.717, 1.165) is 34.0 Å². The van der Waals surface area contributed by atoms with E-state index in [-0.39, 0.29) is 32.5 Å². The third-order valence-electron chi connectivity index (χ3n) is 5.81. The van der Waals surface area contributed by atoms with E-state index in [1.807, 2.05) is 57.4 Å². The van der Waals surface area contributed by atoms with E-state index >= 15 is 0 Å². The molecule has 6 nitrogen and oxygen atoms in total. The van der Waals surface area contributed by atoms with Crippen LogP contribution in [0.25, 0.3) is 16.9 Å². The molecule has 0 fully saturated rings. The summed E-state index contributed by atoms with van der Waals surface area (Å²) in [6, 6.07) is 25.8. The minimum absolute atomic E-state index is 0. The Bertz CT molecular complexity index is 1470. The zero-order valence-electron chi connectivity index (χ0n) is 20.6. The topological polar surface area (TPSA) is 41.1 Å². The predicted octanol–water partition coefficient (Wildman–Crippen LogP) is 2.06. The van der Waals surface area contributed by atoms with Crippen LogP contribution < -0.4 is 26.8 Å². The van der Waals surface area contributed by atoms with Gasteiger partial charge in [0.1, 0.15) is 11.5 Å². The maximum Gasteiger partial charge on any atom is 0.273 e. The summed E-state index contributed by atoms with van der Waals surface area (Å²) in [7, 11) is 4.06. The molecule has 2 aromatic carbocycles. The number of rotatable bonds is 2. The van der Waals surface area contributed by atoms with Crippen molar-refractivity contribution in [2.45, 2.75) is 13.8 Å². The van der Waals surface area contributed by atoms with Crippen LogP contribution in [-0.4, -0.2) is 21.6 Å². The second-order valence-corrected chi connectivity index (χ2v) is 8.48. The first-order valence-electron chi connectivity index (χ1n) is 11.2. The van der Waals surface area contributed by atoms with Crippen LogP contribution in [-0.2, 0) is 27.2 Å². The number of halogens is 1. The molecule has 187 valence electrons. The summed E-state index contributed by atoms with van der Waals surface area (Å²) in [5.74, 6) is 0.955. The van der Waals surface area contributed by atoms with Crippen molar-refractivity contribution < 1.29 is 37.1 Å². The van der Waals surface area contributed by atoms with Crippen molar-refractivity contribution in [2.75, 3.05) is 16.8 Å². The van der Waals surface area contributed by atoms with Gasteiger partial charge in [-0.05, 0) is 55.9 Å². The van der Waals surface area contributed by atoms with Crippen molar-refractivity contribution in [1.82, 2.24) is 14.5 Å². The summed E-state index contributed by atoms with van der Waals surface area (Å²) < 4.78 is 4.20. The Morgan fingerprint density at radius 1 is 0.917 bits per heavy atom. The average Bonchev–Trinajstić information content (AvgIpc) is 3.37. The Morgan fingerprint density at radius 3 is 2.44 bits per heavy atom. The molecular formula is C28H27ClIrN6-2. The molecule has 3 aromatic heterocycles. The molecule has 4 heterocycles. The van der Waals surface area contributed by atoms with E-state index in [9.17, 15) is 0 Å². The fraction of sp³-hybridized carbons (Fsp3) is 0.143. The molecule has 0 saturated carbocycles. The molecule has 0 N–H and O–H groups in total. The Balaban J connectivity index is 0.000000190. The number of fused-ring (bicyclic) bond motifs is 2. The van der Waals surface area contributed by atoms with Crippen molar-refractivity contribution in [1.29, 1.82) is 0 Å². The molecule has 1 aliphatic rings. The molecule has 6 rings (SSSR count). The van der Waals surface area contributed by atoms with Crippen LogP contribution in [0.3, 0.4) is 0 Å². The van der Waals surface area contributed by atoms with Gasteiger partial charge in [-0.15, -0.1) is 11.8 Å². The van der Waals surface area contributed by atoms with Gasteiger partial charge < -0.3 is 22.2 Å². The Labute approximate surface area is 232 Å². The zero-order valence-corrected chi connectivity index (χ0v) is 23.7. The number of hydrogen-bond donors (Lipinski definition) is 0. The van der Waals surface area contributed by atoms with Crippen molar-refractivity contribution in [3.05, 3.63) is 109 Å². The van der Waals surface area contributed by atoms with Gasteiger partial charge in [0.05, 0.1) is 7.05 Å². The molecule has 0 amide bonds. The van der Waals surface area contributed by atoms with Crippen LogP contribution >= 0.6 is 0 Å². The number of hydrogen-bond acceptors (Lipinski definition) is 4. The number of aromatic nitrogens is 4. The molecule has 5 aromatic rings. The number of nitrogens with zero attached hydrogens (tertiary/aromatic N) is 6. The second-order valence-electron chi connectivity index (χ2n) is 8.48. The van der Waals surface area contributed by atoms with Crippen molar-refractivity contribution in [3.63, 3.8) is 0 Å². The molecule has 0 unspecified atom stereocenters. The minimum Gasteiger partial charge on any atom is -1.00 e. The van der Waals surface area contributed by atoms with Gasteiger partial charge in [-0.3, -0.25) is 0 Å². The second kappa shape index (κ2) is 11.7. The standard InChI is InChI=1S/C14H14N3.C14H13N3.ClH.Ir/c2*1-11-5-3-6-12(9-11)17-10-16(2)13-7-4-8-15-14(13)17;;/h3-10H,1-2H3;3-5,7-10H,1-2H3;1H;/q+1;-2;;/p-1. The SMILES string of the molecule is Cc1cc[c-]c(N2[CH-]N(C)c3cccnc32)c1.Cc1cccc(-n2c[n+](C)c3cccnc32)c1.[Cl-].[Ir]. The van der Waals surface area contributed by atoms with Crippen molar-refractivity contribution in [3.8, 4) is 5.69 Å². The summed E-state index contributed by atoms with van der Waals surface area (Å²) in [6.07, 6.45) is 5.70. The van der Waals surface area contributed by atoms with E-state index in [1.165, 1.54) is 11.1 Å². The first kappa shape index (κ1) is 27.3. The smallest absolute Gasteiger partial charge is 0.273 e. The summed E-state index contributed by atoms with van der Waals surface area (Å²) in [4.78, 5) is 13.0. The first-order valence-corrected chi connectivity index (χ1v) is 11.2. The van der Waals surface area contributed by atoms with Gasteiger partial charge in [-0.2, -0.15) is 35.0 Å². The zero-order chi connectivity index (χ0) is 23.7. The van der Waals surface area contributed by atoms with Crippen LogP contribution in [0.2, 0.25) is 0 Å². The van der Waals surface area contributed by atoms with Gasteiger partial charge in [0.15, 0.2) is 5.52 Å². The predicted molar refractivity (Wildman–Crippen MR) is 136 cm³/mol. The number of benzene rings is 2. The Morgan fingerprint density at radius 2 is 1.67 bits per heavy atom. The maximum absolute atomic E-state index is 4.45. The normalized spacial score (nSPS) is 11.8. The summed E-state index contributed by atoms with van der Waals surface area (Å²) in [5, 5.41) is 0. The fourth-order valence-corrected chi connectivity index (χ4v) is 4.13. The molecule has 1 aliphatic heterocycles. The molecular weight excluding hydrogens is 648 g/mol. The van der Waals surface area contributed by atoms with Crippen molar-refractivity contribution in [2.24, 2.45) is 7.05 Å². The van der Waals surface area contributed by atoms with Gasteiger partial charge >= 0.3 is 0 Å². The molecule has 0 bridgehead atoms. The monoisotopic (exact) mass is 675 g/mol. The van der Waals surface area contributed by atoms with Gasteiger partial charge in [-0.25, -0.2) is 14.5 Å². The van der Waals surface area contributed by atoms with Gasteiger partial charge in [0.2, 0.25) is 0 Å². The largest absolute Gasteiger partial charge is 1.00 e. The van der Waals surface area contributed by atoms with Crippen LogP contribution in [0.4, 0.5) is 17.2 Å². The third kappa shape index (κ3) is 5.44. The summed E-state index contributed by atoms with van der Waals surface area (Å²) in [5.41, 5.74) is 7.88. The number of pyridine rings is 2. The van der Waals surface area contributed by atoms with E-state index < -0.39 is 0 Å². The maximum atomic E-state index is 4.45. The first-order chi connectivity index (χ1) is 16.5. The molecule has 0 spiro atoms. The van der Waals surface area contributed by atoms with E-state index in [0.29, 0.717) is 0 Å². The summed E-state index contributed by atoms with van der Waals surface area (Å²) >= 11 is 0. The van der Waals surface area contributed by atoms with E-state index in [4.69, 9.17) is 0 Å². The molecule has 8 heteroatoms. The molecule has 1 radical (unpaired) electrons.